The number of amides is 1. The molecule has 1 aromatic heterocycles. The van der Waals surface area contributed by atoms with Crippen molar-refractivity contribution in [3.8, 4) is 0 Å². The lowest BCUT2D eigenvalue weighted by Crippen LogP contribution is -2.24. The number of nitrogens with one attached hydrogen (secondary N) is 2. The van der Waals surface area contributed by atoms with Gasteiger partial charge < -0.3 is 9.88 Å². The third-order valence-corrected chi connectivity index (χ3v) is 4.79. The van der Waals surface area contributed by atoms with Gasteiger partial charge in [-0.05, 0) is 30.3 Å². The Kier molecular flexibility index (Phi) is 6.00. The molecule has 0 atom stereocenters. The van der Waals surface area contributed by atoms with Crippen molar-refractivity contribution >= 4 is 57.2 Å². The zero-order valence-electron chi connectivity index (χ0n) is 12.9. The Balaban J connectivity index is 0.00000243. The van der Waals surface area contributed by atoms with Gasteiger partial charge in [0.1, 0.15) is 6.54 Å². The van der Waals surface area contributed by atoms with E-state index in [2.05, 4.69) is 5.32 Å². The fourth-order valence-electron chi connectivity index (χ4n) is 2.32. The number of anilines is 1. The first kappa shape index (κ1) is 20.3. The number of carbonyl (C=O) groups is 1. The van der Waals surface area contributed by atoms with Gasteiger partial charge in [-0.3, -0.25) is 10.2 Å². The quantitative estimate of drug-likeness (QED) is 0.619. The first-order chi connectivity index (χ1) is 11.8. The van der Waals surface area contributed by atoms with E-state index in [1.54, 1.807) is 12.1 Å². The molecule has 0 radical (unpaired) electrons. The molecular weight excluding hydrogens is 410 g/mol. The lowest BCUT2D eigenvalue weighted by Gasteiger charge is -2.12. The molecule has 10 heteroatoms. The summed E-state index contributed by atoms with van der Waals surface area (Å²) in [5.41, 5.74) is -0.307. The number of nitrogens with zero attached hydrogens (tertiary/aromatic N) is 1. The number of halogens is 5. The predicted octanol–water partition coefficient (Wildman–Crippen LogP) is 4.91. The van der Waals surface area contributed by atoms with Gasteiger partial charge in [0.15, 0.2) is 4.80 Å². The van der Waals surface area contributed by atoms with Crippen molar-refractivity contribution in [2.75, 3.05) is 5.32 Å². The van der Waals surface area contributed by atoms with Crippen LogP contribution in [0.2, 0.25) is 5.02 Å². The standard InChI is InChI=1S/C16H11ClF3N3OS.ClH/c17-10-6-5-9(16(18,19)20)7-11(10)22-14(24)8-23-12-3-1-2-4-13(12)25-15(23)21;/h1-7,21H,8H2,(H,22,24);1H. The summed E-state index contributed by atoms with van der Waals surface area (Å²) in [4.78, 5) is 12.4. The summed E-state index contributed by atoms with van der Waals surface area (Å²) in [6.45, 7) is -0.199. The first-order valence-electron chi connectivity index (χ1n) is 7.05. The van der Waals surface area contributed by atoms with Crippen LogP contribution in [0.1, 0.15) is 5.56 Å². The lowest BCUT2D eigenvalue weighted by atomic mass is 10.2. The smallest absolute Gasteiger partial charge is 0.323 e. The van der Waals surface area contributed by atoms with Crippen molar-refractivity contribution in [2.45, 2.75) is 12.7 Å². The highest BCUT2D eigenvalue weighted by Gasteiger charge is 2.31. The maximum atomic E-state index is 12.8. The molecule has 1 amide bonds. The van der Waals surface area contributed by atoms with E-state index in [9.17, 15) is 18.0 Å². The second-order valence-electron chi connectivity index (χ2n) is 5.20. The Morgan fingerprint density at radius 1 is 1.23 bits per heavy atom. The van der Waals surface area contributed by atoms with Crippen LogP contribution >= 0.6 is 35.3 Å². The molecule has 0 saturated carbocycles. The maximum absolute atomic E-state index is 12.8. The second-order valence-corrected chi connectivity index (χ2v) is 6.64. The molecule has 0 aliphatic rings. The molecule has 0 spiro atoms. The lowest BCUT2D eigenvalue weighted by molar-refractivity contribution is -0.137. The van der Waals surface area contributed by atoms with E-state index < -0.39 is 17.6 Å². The molecule has 3 aromatic rings. The van der Waals surface area contributed by atoms with Gasteiger partial charge in [-0.2, -0.15) is 13.2 Å². The maximum Gasteiger partial charge on any atom is 0.416 e. The number of hydrogen-bond donors (Lipinski definition) is 2. The van der Waals surface area contributed by atoms with Gasteiger partial charge >= 0.3 is 6.18 Å². The van der Waals surface area contributed by atoms with Crippen molar-refractivity contribution in [3.63, 3.8) is 0 Å². The second kappa shape index (κ2) is 7.69. The van der Waals surface area contributed by atoms with Crippen LogP contribution in [0.15, 0.2) is 42.5 Å². The van der Waals surface area contributed by atoms with Crippen LogP contribution in [0.25, 0.3) is 10.2 Å². The molecule has 0 aliphatic heterocycles. The highest BCUT2D eigenvalue weighted by Crippen LogP contribution is 2.33. The van der Waals surface area contributed by atoms with E-state index in [0.717, 1.165) is 22.9 Å². The molecule has 0 unspecified atom stereocenters. The Hall–Kier alpha value is -2.03. The monoisotopic (exact) mass is 421 g/mol. The molecule has 26 heavy (non-hydrogen) atoms. The van der Waals surface area contributed by atoms with E-state index in [0.29, 0.717) is 5.52 Å². The van der Waals surface area contributed by atoms with Crippen molar-refractivity contribution in [2.24, 2.45) is 0 Å². The minimum atomic E-state index is -4.53. The number of aromatic nitrogens is 1. The number of carbonyl (C=O) groups excluding carboxylic acids is 1. The van der Waals surface area contributed by atoms with Gasteiger partial charge in [0.25, 0.3) is 0 Å². The van der Waals surface area contributed by atoms with E-state index >= 15 is 0 Å². The fourth-order valence-corrected chi connectivity index (χ4v) is 3.40. The van der Waals surface area contributed by atoms with Crippen molar-refractivity contribution in [3.05, 3.63) is 57.9 Å². The van der Waals surface area contributed by atoms with Crippen LogP contribution < -0.4 is 10.1 Å². The van der Waals surface area contributed by atoms with Gasteiger partial charge in [-0.25, -0.2) is 0 Å². The van der Waals surface area contributed by atoms with Crippen LogP contribution in [0.3, 0.4) is 0 Å². The van der Waals surface area contributed by atoms with Gasteiger partial charge in [0.2, 0.25) is 5.91 Å². The Morgan fingerprint density at radius 3 is 2.62 bits per heavy atom. The summed E-state index contributed by atoms with van der Waals surface area (Å²) in [5.74, 6) is -0.566. The van der Waals surface area contributed by atoms with E-state index in [4.69, 9.17) is 17.0 Å². The van der Waals surface area contributed by atoms with Gasteiger partial charge in [0, 0.05) is 0 Å². The normalized spacial score (nSPS) is 11.2. The summed E-state index contributed by atoms with van der Waals surface area (Å²) < 4.78 is 40.7. The third kappa shape index (κ3) is 4.20. The third-order valence-electron chi connectivity index (χ3n) is 3.48. The number of thiazole rings is 1. The largest absolute Gasteiger partial charge is 0.416 e. The number of fused-ring (bicyclic) bond motifs is 1. The van der Waals surface area contributed by atoms with Gasteiger partial charge in [-0.15, -0.1) is 12.4 Å². The summed E-state index contributed by atoms with van der Waals surface area (Å²) in [6, 6.07) is 9.94. The molecular formula is C16H12Cl2F3N3OS. The zero-order valence-corrected chi connectivity index (χ0v) is 15.3. The molecule has 2 N–H and O–H groups in total. The molecule has 0 saturated heterocycles. The van der Waals surface area contributed by atoms with Crippen molar-refractivity contribution in [1.29, 1.82) is 5.41 Å². The van der Waals surface area contributed by atoms with E-state index in [1.807, 2.05) is 12.1 Å². The number of hydrogen-bond acceptors (Lipinski definition) is 3. The summed E-state index contributed by atoms with van der Waals surface area (Å²) in [5, 5.41) is 10.3. The molecule has 3 rings (SSSR count). The number of para-hydroxylation sites is 1. The molecule has 2 aromatic carbocycles. The Morgan fingerprint density at radius 2 is 1.92 bits per heavy atom. The Labute approximate surface area is 161 Å². The average molecular weight is 422 g/mol. The van der Waals surface area contributed by atoms with E-state index in [-0.39, 0.29) is 34.5 Å². The molecule has 1 heterocycles. The number of benzene rings is 2. The highest BCUT2D eigenvalue weighted by molar-refractivity contribution is 7.16. The predicted molar refractivity (Wildman–Crippen MR) is 98.0 cm³/mol. The summed E-state index contributed by atoms with van der Waals surface area (Å²) >= 11 is 7.09. The Bertz CT molecular complexity index is 1010. The van der Waals surface area contributed by atoms with Crippen LogP contribution in [-0.4, -0.2) is 10.5 Å². The molecule has 0 bridgehead atoms. The minimum Gasteiger partial charge on any atom is -0.323 e. The SMILES string of the molecule is Cl.N=c1sc2ccccc2n1CC(=O)Nc1cc(C(F)(F)F)ccc1Cl. The molecule has 138 valence electrons. The van der Waals surface area contributed by atoms with Gasteiger partial charge in [-0.1, -0.05) is 35.1 Å². The van der Waals surface area contributed by atoms with Crippen molar-refractivity contribution in [1.82, 2.24) is 4.57 Å². The van der Waals surface area contributed by atoms with Crippen molar-refractivity contribution < 1.29 is 18.0 Å². The highest BCUT2D eigenvalue weighted by atomic mass is 35.5. The number of rotatable bonds is 3. The zero-order chi connectivity index (χ0) is 18.2. The average Bonchev–Trinajstić information content (AvgIpc) is 2.84. The fraction of sp³-hybridized carbons (Fsp3) is 0.125. The van der Waals surface area contributed by atoms with Crippen LogP contribution in [0.5, 0.6) is 0 Å². The van der Waals surface area contributed by atoms with Gasteiger partial charge in [0.05, 0.1) is 26.5 Å². The van der Waals surface area contributed by atoms with Crippen LogP contribution in [0, 0.1) is 5.41 Å². The number of alkyl halides is 3. The summed E-state index contributed by atoms with van der Waals surface area (Å²) in [7, 11) is 0. The molecule has 4 nitrogen and oxygen atoms in total. The van der Waals surface area contributed by atoms with E-state index in [1.165, 1.54) is 15.9 Å². The summed E-state index contributed by atoms with van der Waals surface area (Å²) in [6.07, 6.45) is -4.53. The van der Waals surface area contributed by atoms with Crippen LogP contribution in [-0.2, 0) is 17.5 Å². The molecule has 0 fully saturated rings. The first-order valence-corrected chi connectivity index (χ1v) is 8.25. The molecule has 0 aliphatic carbocycles. The topological polar surface area (TPSA) is 57.9 Å². The van der Waals surface area contributed by atoms with Crippen LogP contribution in [0.4, 0.5) is 18.9 Å². The minimum absolute atomic E-state index is 0.